The molecule has 0 fully saturated rings. The SMILES string of the molecule is COc1ccc(C(=O)NNS(=O)(=O)c2ccc(C)c([N+](=O)[O-])c2)cc1F. The summed E-state index contributed by atoms with van der Waals surface area (Å²) in [4.78, 5) is 23.5. The molecule has 2 N–H and O–H groups in total. The van der Waals surface area contributed by atoms with E-state index in [1.165, 1.54) is 32.2 Å². The maximum atomic E-state index is 13.6. The summed E-state index contributed by atoms with van der Waals surface area (Å²) in [5.74, 6) is -1.79. The molecule has 0 heterocycles. The molecule has 2 rings (SSSR count). The van der Waals surface area contributed by atoms with Crippen molar-refractivity contribution in [3.05, 3.63) is 63.5 Å². The predicted molar refractivity (Wildman–Crippen MR) is 88.6 cm³/mol. The van der Waals surface area contributed by atoms with Crippen LogP contribution in [0.1, 0.15) is 15.9 Å². The highest BCUT2D eigenvalue weighted by atomic mass is 32.2. The number of sulfonamides is 1. The van der Waals surface area contributed by atoms with E-state index in [-0.39, 0.29) is 22.6 Å². The summed E-state index contributed by atoms with van der Waals surface area (Å²) < 4.78 is 42.7. The number of nitro groups is 1. The van der Waals surface area contributed by atoms with Crippen LogP contribution in [0.2, 0.25) is 0 Å². The standard InChI is InChI=1S/C15H14FN3O6S/c1-9-3-5-11(8-13(9)19(21)22)26(23,24)18-17-15(20)10-4-6-14(25-2)12(16)7-10/h3-8,18H,1-2H3,(H,17,20). The molecule has 0 aliphatic rings. The number of nitrogens with one attached hydrogen (secondary N) is 2. The van der Waals surface area contributed by atoms with Gasteiger partial charge in [-0.3, -0.25) is 20.3 Å². The number of hydrazine groups is 1. The zero-order valence-electron chi connectivity index (χ0n) is 13.6. The van der Waals surface area contributed by atoms with Gasteiger partial charge >= 0.3 is 0 Å². The molecule has 11 heteroatoms. The number of benzene rings is 2. The number of nitro benzene ring substituents is 1. The van der Waals surface area contributed by atoms with Crippen LogP contribution >= 0.6 is 0 Å². The lowest BCUT2D eigenvalue weighted by Crippen LogP contribution is -2.41. The maximum Gasteiger partial charge on any atom is 0.273 e. The lowest BCUT2D eigenvalue weighted by molar-refractivity contribution is -0.385. The van der Waals surface area contributed by atoms with Crippen LogP contribution in [0, 0.1) is 22.9 Å². The molecule has 26 heavy (non-hydrogen) atoms. The van der Waals surface area contributed by atoms with E-state index in [4.69, 9.17) is 4.74 Å². The summed E-state index contributed by atoms with van der Waals surface area (Å²) in [6.07, 6.45) is 0. The number of hydrogen-bond donors (Lipinski definition) is 2. The summed E-state index contributed by atoms with van der Waals surface area (Å²) in [6, 6.07) is 6.62. The van der Waals surface area contributed by atoms with E-state index in [1.807, 2.05) is 5.43 Å². The molecule has 0 bridgehead atoms. The molecule has 138 valence electrons. The van der Waals surface area contributed by atoms with Gasteiger partial charge in [-0.05, 0) is 31.2 Å². The summed E-state index contributed by atoms with van der Waals surface area (Å²) in [5.41, 5.74) is 1.67. The van der Waals surface area contributed by atoms with Crippen molar-refractivity contribution >= 4 is 21.6 Å². The minimum atomic E-state index is -4.26. The Bertz CT molecular complexity index is 977. The molecule has 0 aliphatic carbocycles. The summed E-state index contributed by atoms with van der Waals surface area (Å²) in [5, 5.41) is 10.9. The monoisotopic (exact) mass is 383 g/mol. The van der Waals surface area contributed by atoms with Gasteiger partial charge in [0.05, 0.1) is 16.9 Å². The Morgan fingerprint density at radius 1 is 1.23 bits per heavy atom. The first-order chi connectivity index (χ1) is 12.2. The van der Waals surface area contributed by atoms with Gasteiger partial charge in [0.1, 0.15) is 0 Å². The molecule has 0 radical (unpaired) electrons. The highest BCUT2D eigenvalue weighted by molar-refractivity contribution is 7.89. The van der Waals surface area contributed by atoms with Gasteiger partial charge in [-0.25, -0.2) is 12.8 Å². The number of carbonyl (C=O) groups is 1. The molecular weight excluding hydrogens is 369 g/mol. The fourth-order valence-electron chi connectivity index (χ4n) is 2.01. The Morgan fingerprint density at radius 2 is 1.92 bits per heavy atom. The van der Waals surface area contributed by atoms with Crippen LogP contribution in [0.3, 0.4) is 0 Å². The molecule has 0 spiro atoms. The van der Waals surface area contributed by atoms with Crippen molar-refractivity contribution in [2.75, 3.05) is 7.11 Å². The number of nitrogens with zero attached hydrogens (tertiary/aromatic N) is 1. The average Bonchev–Trinajstić information content (AvgIpc) is 2.59. The van der Waals surface area contributed by atoms with Crippen LogP contribution in [0.15, 0.2) is 41.3 Å². The predicted octanol–water partition coefficient (Wildman–Crippen LogP) is 1.67. The molecule has 2 aromatic carbocycles. The van der Waals surface area contributed by atoms with Crippen molar-refractivity contribution in [2.45, 2.75) is 11.8 Å². The first-order valence-electron chi connectivity index (χ1n) is 7.06. The quantitative estimate of drug-likeness (QED) is 0.577. The Kier molecular flexibility index (Phi) is 5.53. The number of aryl methyl sites for hydroxylation is 1. The zero-order valence-corrected chi connectivity index (χ0v) is 14.5. The summed E-state index contributed by atoms with van der Waals surface area (Å²) >= 11 is 0. The number of methoxy groups -OCH3 is 1. The Balaban J connectivity index is 2.17. The van der Waals surface area contributed by atoms with Crippen LogP contribution in [0.25, 0.3) is 0 Å². The van der Waals surface area contributed by atoms with Crippen molar-refractivity contribution in [1.29, 1.82) is 0 Å². The van der Waals surface area contributed by atoms with Gasteiger partial charge < -0.3 is 4.74 Å². The third kappa shape index (κ3) is 4.13. The first-order valence-corrected chi connectivity index (χ1v) is 8.55. The topological polar surface area (TPSA) is 128 Å². The molecular formula is C15H14FN3O6S. The van der Waals surface area contributed by atoms with Gasteiger partial charge in [-0.15, -0.1) is 4.83 Å². The van der Waals surface area contributed by atoms with E-state index in [9.17, 15) is 27.7 Å². The molecule has 0 atom stereocenters. The fraction of sp³-hybridized carbons (Fsp3) is 0.133. The Morgan fingerprint density at radius 3 is 2.50 bits per heavy atom. The van der Waals surface area contributed by atoms with Crippen molar-refractivity contribution in [2.24, 2.45) is 0 Å². The average molecular weight is 383 g/mol. The molecule has 0 saturated heterocycles. The molecule has 1 amide bonds. The van der Waals surface area contributed by atoms with E-state index in [0.717, 1.165) is 18.2 Å². The van der Waals surface area contributed by atoms with Gasteiger partial charge in [0.15, 0.2) is 11.6 Å². The lowest BCUT2D eigenvalue weighted by Gasteiger charge is -2.10. The van der Waals surface area contributed by atoms with Crippen molar-refractivity contribution < 1.29 is 27.3 Å². The van der Waals surface area contributed by atoms with Crippen LogP contribution in [-0.4, -0.2) is 26.4 Å². The molecule has 0 saturated carbocycles. The second-order valence-corrected chi connectivity index (χ2v) is 6.80. The lowest BCUT2D eigenvalue weighted by atomic mass is 10.2. The Hall–Kier alpha value is -3.05. The number of halogens is 1. The van der Waals surface area contributed by atoms with Crippen LogP contribution in [-0.2, 0) is 10.0 Å². The Labute approximate surface area is 148 Å². The van der Waals surface area contributed by atoms with Crippen molar-refractivity contribution in [3.8, 4) is 5.75 Å². The summed E-state index contributed by atoms with van der Waals surface area (Å²) in [7, 11) is -3.01. The minimum Gasteiger partial charge on any atom is -0.494 e. The fourth-order valence-corrected chi connectivity index (χ4v) is 2.86. The summed E-state index contributed by atoms with van der Waals surface area (Å²) in [6.45, 7) is 1.46. The van der Waals surface area contributed by atoms with Gasteiger partial charge in [0, 0.05) is 17.2 Å². The van der Waals surface area contributed by atoms with E-state index < -0.39 is 31.6 Å². The number of carbonyl (C=O) groups excluding carboxylic acids is 1. The van der Waals surface area contributed by atoms with E-state index in [1.54, 1.807) is 4.83 Å². The molecule has 0 aliphatic heterocycles. The number of hydrogen-bond acceptors (Lipinski definition) is 6. The maximum absolute atomic E-state index is 13.6. The van der Waals surface area contributed by atoms with Crippen molar-refractivity contribution in [1.82, 2.24) is 10.3 Å². The van der Waals surface area contributed by atoms with Crippen LogP contribution < -0.4 is 15.0 Å². The van der Waals surface area contributed by atoms with Gasteiger partial charge in [0.25, 0.3) is 21.6 Å². The van der Waals surface area contributed by atoms with E-state index in [2.05, 4.69) is 0 Å². The second kappa shape index (κ2) is 7.45. The molecule has 0 unspecified atom stereocenters. The second-order valence-electron chi connectivity index (χ2n) is 5.11. The van der Waals surface area contributed by atoms with Crippen LogP contribution in [0.5, 0.6) is 5.75 Å². The highest BCUT2D eigenvalue weighted by Crippen LogP contribution is 2.22. The first kappa shape index (κ1) is 19.3. The van der Waals surface area contributed by atoms with Gasteiger partial charge in [-0.1, -0.05) is 6.07 Å². The number of amides is 1. The normalized spacial score (nSPS) is 11.0. The smallest absolute Gasteiger partial charge is 0.273 e. The number of rotatable bonds is 6. The third-order valence-corrected chi connectivity index (χ3v) is 4.65. The van der Waals surface area contributed by atoms with E-state index in [0.29, 0.717) is 0 Å². The van der Waals surface area contributed by atoms with Gasteiger partial charge in [-0.2, -0.15) is 0 Å². The number of ether oxygens (including phenoxy) is 1. The van der Waals surface area contributed by atoms with Gasteiger partial charge in [0.2, 0.25) is 0 Å². The van der Waals surface area contributed by atoms with E-state index >= 15 is 0 Å². The highest BCUT2D eigenvalue weighted by Gasteiger charge is 2.21. The van der Waals surface area contributed by atoms with Crippen molar-refractivity contribution in [3.63, 3.8) is 0 Å². The molecule has 9 nitrogen and oxygen atoms in total. The van der Waals surface area contributed by atoms with Crippen LogP contribution in [0.4, 0.5) is 10.1 Å². The molecule has 2 aromatic rings. The largest absolute Gasteiger partial charge is 0.494 e. The molecule has 0 aromatic heterocycles. The third-order valence-electron chi connectivity index (χ3n) is 3.40. The minimum absolute atomic E-state index is 0.0749. The zero-order chi connectivity index (χ0) is 19.5.